The first-order valence-electron chi connectivity index (χ1n) is 5.07. The number of rotatable bonds is 3. The molecule has 5 heteroatoms. The summed E-state index contributed by atoms with van der Waals surface area (Å²) in [5.41, 5.74) is 0.870. The molecule has 2 rings (SSSR count). The fraction of sp³-hybridized carbons (Fsp3) is 0.600. The van der Waals surface area contributed by atoms with Crippen molar-refractivity contribution in [3.63, 3.8) is 0 Å². The lowest BCUT2D eigenvalue weighted by atomic mass is 10.2. The molecule has 1 amide bonds. The van der Waals surface area contributed by atoms with Crippen LogP contribution >= 0.6 is 0 Å². The molecule has 2 heterocycles. The summed E-state index contributed by atoms with van der Waals surface area (Å²) in [6.45, 7) is 3.28. The molecule has 0 spiro atoms. The van der Waals surface area contributed by atoms with Crippen LogP contribution < -0.4 is 5.32 Å². The Morgan fingerprint density at radius 3 is 3.07 bits per heavy atom. The molecule has 0 saturated carbocycles. The third-order valence-electron chi connectivity index (χ3n) is 2.64. The van der Waals surface area contributed by atoms with Gasteiger partial charge in [0.05, 0.1) is 11.7 Å². The van der Waals surface area contributed by atoms with Crippen molar-refractivity contribution < 1.29 is 9.32 Å². The van der Waals surface area contributed by atoms with Crippen LogP contribution in [0.15, 0.2) is 10.6 Å². The zero-order valence-corrected chi connectivity index (χ0v) is 8.99. The van der Waals surface area contributed by atoms with Crippen LogP contribution in [0.4, 0.5) is 0 Å². The van der Waals surface area contributed by atoms with Gasteiger partial charge in [0.15, 0.2) is 0 Å². The smallest absolute Gasteiger partial charge is 0.237 e. The Bertz CT molecular complexity index is 361. The van der Waals surface area contributed by atoms with Gasteiger partial charge in [0.25, 0.3) is 0 Å². The highest BCUT2D eigenvalue weighted by Gasteiger charge is 2.28. The maximum absolute atomic E-state index is 11.4. The number of hydrogen-bond acceptors (Lipinski definition) is 4. The number of carbonyl (C=O) groups is 1. The average Bonchev–Trinajstić information content (AvgIpc) is 2.75. The fourth-order valence-corrected chi connectivity index (χ4v) is 1.86. The molecular weight excluding hydrogens is 194 g/mol. The Hall–Kier alpha value is -1.36. The second-order valence-corrected chi connectivity index (χ2v) is 3.94. The van der Waals surface area contributed by atoms with Crippen molar-refractivity contribution in [1.29, 1.82) is 0 Å². The molecule has 1 unspecified atom stereocenters. The minimum atomic E-state index is -0.0259. The third-order valence-corrected chi connectivity index (χ3v) is 2.64. The van der Waals surface area contributed by atoms with Crippen LogP contribution in [0.25, 0.3) is 0 Å². The standard InChI is InChI=1S/C10H15N3O2/c1-7-5-8(12-15-7)6-13(2)9-3-4-11-10(9)14/h5,9H,3-4,6H2,1-2H3,(H,11,14). The van der Waals surface area contributed by atoms with E-state index in [2.05, 4.69) is 10.5 Å². The van der Waals surface area contributed by atoms with E-state index in [0.717, 1.165) is 24.4 Å². The van der Waals surface area contributed by atoms with E-state index in [9.17, 15) is 4.79 Å². The molecule has 1 N–H and O–H groups in total. The van der Waals surface area contributed by atoms with Crippen molar-refractivity contribution >= 4 is 5.91 Å². The zero-order chi connectivity index (χ0) is 10.8. The third kappa shape index (κ3) is 2.18. The van der Waals surface area contributed by atoms with Crippen LogP contribution in [0.1, 0.15) is 17.9 Å². The second kappa shape index (κ2) is 4.02. The van der Waals surface area contributed by atoms with Gasteiger partial charge in [-0.05, 0) is 20.4 Å². The lowest BCUT2D eigenvalue weighted by Crippen LogP contribution is -2.37. The highest BCUT2D eigenvalue weighted by molar-refractivity contribution is 5.83. The first-order chi connectivity index (χ1) is 7.16. The summed E-state index contributed by atoms with van der Waals surface area (Å²) in [6.07, 6.45) is 0.867. The number of nitrogens with one attached hydrogen (secondary N) is 1. The average molecular weight is 209 g/mol. The van der Waals surface area contributed by atoms with Gasteiger partial charge in [-0.25, -0.2) is 0 Å². The Labute approximate surface area is 88.4 Å². The number of amides is 1. The van der Waals surface area contributed by atoms with Gasteiger partial charge < -0.3 is 9.84 Å². The van der Waals surface area contributed by atoms with Crippen LogP contribution in [-0.4, -0.2) is 35.6 Å². The summed E-state index contributed by atoms with van der Waals surface area (Å²) in [7, 11) is 1.93. The normalized spacial score (nSPS) is 21.0. The van der Waals surface area contributed by atoms with Crippen LogP contribution in [0.2, 0.25) is 0 Å². The van der Waals surface area contributed by atoms with E-state index in [0.29, 0.717) is 6.54 Å². The van der Waals surface area contributed by atoms with E-state index >= 15 is 0 Å². The molecule has 5 nitrogen and oxygen atoms in total. The van der Waals surface area contributed by atoms with E-state index in [1.807, 2.05) is 24.9 Å². The van der Waals surface area contributed by atoms with E-state index in [1.165, 1.54) is 0 Å². The summed E-state index contributed by atoms with van der Waals surface area (Å²) < 4.78 is 4.98. The number of aromatic nitrogens is 1. The molecule has 1 aromatic heterocycles. The summed E-state index contributed by atoms with van der Waals surface area (Å²) >= 11 is 0. The van der Waals surface area contributed by atoms with Crippen molar-refractivity contribution in [2.45, 2.75) is 25.9 Å². The summed E-state index contributed by atoms with van der Waals surface area (Å²) in [6, 6.07) is 1.87. The van der Waals surface area contributed by atoms with Crippen LogP contribution in [0.5, 0.6) is 0 Å². The van der Waals surface area contributed by atoms with E-state index < -0.39 is 0 Å². The quantitative estimate of drug-likeness (QED) is 0.778. The molecule has 1 aromatic rings. The Morgan fingerprint density at radius 1 is 1.73 bits per heavy atom. The van der Waals surface area contributed by atoms with Crippen LogP contribution in [0.3, 0.4) is 0 Å². The van der Waals surface area contributed by atoms with E-state index in [4.69, 9.17) is 4.52 Å². The molecule has 0 aromatic carbocycles. The van der Waals surface area contributed by atoms with Crippen LogP contribution in [-0.2, 0) is 11.3 Å². The van der Waals surface area contributed by atoms with Gasteiger partial charge in [0, 0.05) is 19.2 Å². The van der Waals surface area contributed by atoms with Gasteiger partial charge in [-0.15, -0.1) is 0 Å². The number of likely N-dealkylation sites (N-methyl/N-ethyl adjacent to an activating group) is 1. The van der Waals surface area contributed by atoms with Crippen molar-refractivity contribution in [3.05, 3.63) is 17.5 Å². The molecule has 1 aliphatic heterocycles. The Balaban J connectivity index is 1.97. The number of aryl methyl sites for hydroxylation is 1. The Morgan fingerprint density at radius 2 is 2.53 bits per heavy atom. The largest absolute Gasteiger partial charge is 0.361 e. The van der Waals surface area contributed by atoms with Gasteiger partial charge in [0.1, 0.15) is 5.76 Å². The maximum Gasteiger partial charge on any atom is 0.237 e. The lowest BCUT2D eigenvalue weighted by molar-refractivity contribution is -0.123. The first-order valence-corrected chi connectivity index (χ1v) is 5.07. The van der Waals surface area contributed by atoms with Crippen LogP contribution in [0, 0.1) is 6.92 Å². The van der Waals surface area contributed by atoms with Gasteiger partial charge in [-0.1, -0.05) is 5.16 Å². The molecule has 1 saturated heterocycles. The second-order valence-electron chi connectivity index (χ2n) is 3.94. The summed E-state index contributed by atoms with van der Waals surface area (Å²) in [5.74, 6) is 0.909. The van der Waals surface area contributed by atoms with E-state index in [1.54, 1.807) is 0 Å². The SMILES string of the molecule is Cc1cc(CN(C)C2CCNC2=O)no1. The van der Waals surface area contributed by atoms with Crippen molar-refractivity contribution in [2.24, 2.45) is 0 Å². The molecule has 1 fully saturated rings. The predicted molar refractivity (Wildman–Crippen MR) is 54.1 cm³/mol. The minimum absolute atomic E-state index is 0.0259. The Kier molecular flexibility index (Phi) is 2.73. The van der Waals surface area contributed by atoms with Crippen molar-refractivity contribution in [1.82, 2.24) is 15.4 Å². The van der Waals surface area contributed by atoms with Crippen molar-refractivity contribution in [3.8, 4) is 0 Å². The first kappa shape index (κ1) is 10.2. The van der Waals surface area contributed by atoms with Crippen molar-refractivity contribution in [2.75, 3.05) is 13.6 Å². The summed E-state index contributed by atoms with van der Waals surface area (Å²) in [5, 5.41) is 6.72. The zero-order valence-electron chi connectivity index (χ0n) is 8.99. The highest BCUT2D eigenvalue weighted by atomic mass is 16.5. The highest BCUT2D eigenvalue weighted by Crippen LogP contribution is 2.12. The molecule has 15 heavy (non-hydrogen) atoms. The van der Waals surface area contributed by atoms with E-state index in [-0.39, 0.29) is 11.9 Å². The molecule has 0 aliphatic carbocycles. The van der Waals surface area contributed by atoms with Gasteiger partial charge in [-0.2, -0.15) is 0 Å². The van der Waals surface area contributed by atoms with Gasteiger partial charge in [-0.3, -0.25) is 9.69 Å². The molecule has 0 radical (unpaired) electrons. The minimum Gasteiger partial charge on any atom is -0.361 e. The lowest BCUT2D eigenvalue weighted by Gasteiger charge is -2.20. The number of carbonyl (C=O) groups excluding carboxylic acids is 1. The summed E-state index contributed by atoms with van der Waals surface area (Å²) in [4.78, 5) is 13.4. The van der Waals surface area contributed by atoms with Gasteiger partial charge in [0.2, 0.25) is 5.91 Å². The molecule has 82 valence electrons. The maximum atomic E-state index is 11.4. The fourth-order valence-electron chi connectivity index (χ4n) is 1.86. The molecular formula is C10H15N3O2. The molecule has 1 aliphatic rings. The monoisotopic (exact) mass is 209 g/mol. The molecule has 1 atom stereocenters. The van der Waals surface area contributed by atoms with Gasteiger partial charge >= 0.3 is 0 Å². The molecule has 0 bridgehead atoms. The number of nitrogens with zero attached hydrogens (tertiary/aromatic N) is 2. The number of hydrogen-bond donors (Lipinski definition) is 1. The topological polar surface area (TPSA) is 58.4 Å². The predicted octanol–water partition coefficient (Wildman–Crippen LogP) is 0.303.